The lowest BCUT2D eigenvalue weighted by atomic mass is 9.84. The minimum absolute atomic E-state index is 0.204. The summed E-state index contributed by atoms with van der Waals surface area (Å²) in [5.41, 5.74) is 1.11. The van der Waals surface area contributed by atoms with Gasteiger partial charge in [0.25, 0.3) is 21.6 Å². The zero-order valence-electron chi connectivity index (χ0n) is 21.1. The molecule has 0 aliphatic heterocycles. The van der Waals surface area contributed by atoms with Gasteiger partial charge in [-0.25, -0.2) is 0 Å². The molecular weight excluding hydrogens is 496 g/mol. The molecule has 37 heavy (non-hydrogen) atoms. The number of aromatic nitrogens is 3. The van der Waals surface area contributed by atoms with Gasteiger partial charge >= 0.3 is 0 Å². The number of nitrogens with one attached hydrogen (secondary N) is 1. The number of amides is 1. The third-order valence-electron chi connectivity index (χ3n) is 7.26. The first-order valence-electron chi connectivity index (χ1n) is 12.7. The molecule has 11 heteroatoms. The molecule has 2 aromatic heterocycles. The number of carbonyl (C=O) groups is 1. The molecule has 2 aliphatic carbocycles. The second kappa shape index (κ2) is 10.3. The number of hydrogen-bond acceptors (Lipinski definition) is 7. The van der Waals surface area contributed by atoms with E-state index in [1.165, 1.54) is 7.11 Å². The molecule has 2 heterocycles. The van der Waals surface area contributed by atoms with Gasteiger partial charge in [-0.1, -0.05) is 0 Å². The lowest BCUT2D eigenvalue weighted by Crippen LogP contribution is -2.25. The molecule has 0 atom stereocenters. The number of benzene rings is 1. The monoisotopic (exact) mass is 528 g/mol. The van der Waals surface area contributed by atoms with Gasteiger partial charge in [0.2, 0.25) is 0 Å². The van der Waals surface area contributed by atoms with Crippen molar-refractivity contribution in [3.8, 4) is 5.75 Å². The fourth-order valence-corrected chi connectivity index (χ4v) is 5.50. The van der Waals surface area contributed by atoms with Crippen molar-refractivity contribution >= 4 is 32.6 Å². The van der Waals surface area contributed by atoms with E-state index in [9.17, 15) is 18.0 Å². The van der Waals surface area contributed by atoms with Gasteiger partial charge in [0.1, 0.15) is 11.4 Å². The quantitative estimate of drug-likeness (QED) is 0.418. The van der Waals surface area contributed by atoms with Gasteiger partial charge in [-0.2, -0.15) is 13.5 Å². The maximum atomic E-state index is 13.2. The number of hydrogen-bond donors (Lipinski definition) is 1. The van der Waals surface area contributed by atoms with E-state index in [4.69, 9.17) is 14.0 Å². The van der Waals surface area contributed by atoms with Crippen molar-refractivity contribution < 1.29 is 22.1 Å². The lowest BCUT2D eigenvalue weighted by molar-refractivity contribution is 0.102. The summed E-state index contributed by atoms with van der Waals surface area (Å²) in [5, 5.41) is 8.33. The predicted molar refractivity (Wildman–Crippen MR) is 140 cm³/mol. The molecule has 0 spiro atoms. The number of pyridine rings is 1. The minimum Gasteiger partial charge on any atom is -0.496 e. The van der Waals surface area contributed by atoms with Crippen LogP contribution in [0, 0.1) is 5.92 Å². The van der Waals surface area contributed by atoms with Crippen LogP contribution in [0.5, 0.6) is 5.75 Å². The average Bonchev–Trinajstić information content (AvgIpc) is 3.62. The van der Waals surface area contributed by atoms with Gasteiger partial charge in [-0.05, 0) is 69.1 Å². The first-order chi connectivity index (χ1) is 17.7. The summed E-state index contributed by atoms with van der Waals surface area (Å²) < 4.78 is 36.4. The number of methoxy groups -OCH3 is 1. The molecule has 3 aromatic rings. The van der Waals surface area contributed by atoms with Crippen molar-refractivity contribution in [2.45, 2.75) is 57.0 Å². The van der Waals surface area contributed by atoms with Crippen LogP contribution < -0.4 is 15.6 Å². The standard InChI is InChI=1S/C26H32N4O6S/c1-35-24-15-23-18(14-21(24)25(31)27-22-4-3-12-29(26(22)32)19-9-10-19)16-30(28-23)20-7-5-17(6-8-20)11-13-36-37(2,33)34/h3-4,12,14-17,19-20H,5-11,13H2,1-2H3,(H,27,31). The van der Waals surface area contributed by atoms with Crippen LogP contribution in [0.25, 0.3) is 10.9 Å². The summed E-state index contributed by atoms with van der Waals surface area (Å²) >= 11 is 0. The summed E-state index contributed by atoms with van der Waals surface area (Å²) in [7, 11) is -1.90. The highest BCUT2D eigenvalue weighted by Gasteiger charge is 2.26. The fraction of sp³-hybridized carbons (Fsp3) is 0.500. The third kappa shape index (κ3) is 5.88. The van der Waals surface area contributed by atoms with Crippen molar-refractivity contribution in [2.75, 3.05) is 25.3 Å². The van der Waals surface area contributed by atoms with E-state index in [1.807, 2.05) is 10.9 Å². The van der Waals surface area contributed by atoms with Crippen molar-refractivity contribution in [1.29, 1.82) is 0 Å². The molecule has 0 bridgehead atoms. The topological polar surface area (TPSA) is 122 Å². The smallest absolute Gasteiger partial charge is 0.274 e. The molecule has 5 rings (SSSR count). The van der Waals surface area contributed by atoms with Crippen molar-refractivity contribution in [2.24, 2.45) is 5.92 Å². The van der Waals surface area contributed by atoms with Crippen LogP contribution in [-0.2, 0) is 14.3 Å². The molecule has 0 radical (unpaired) electrons. The van der Waals surface area contributed by atoms with Crippen molar-refractivity contribution in [1.82, 2.24) is 14.3 Å². The molecule has 1 aromatic carbocycles. The second-order valence-corrected chi connectivity index (χ2v) is 11.7. The maximum Gasteiger partial charge on any atom is 0.274 e. The molecule has 0 unspecified atom stereocenters. The van der Waals surface area contributed by atoms with Crippen molar-refractivity contribution in [3.63, 3.8) is 0 Å². The van der Waals surface area contributed by atoms with E-state index < -0.39 is 16.0 Å². The number of anilines is 1. The number of nitrogens with zero attached hydrogens (tertiary/aromatic N) is 3. The van der Waals surface area contributed by atoms with E-state index >= 15 is 0 Å². The summed E-state index contributed by atoms with van der Waals surface area (Å²) in [5.74, 6) is 0.415. The minimum atomic E-state index is -3.40. The third-order valence-corrected chi connectivity index (χ3v) is 7.86. The van der Waals surface area contributed by atoms with Gasteiger partial charge in [0.15, 0.2) is 0 Å². The first-order valence-corrected chi connectivity index (χ1v) is 14.5. The van der Waals surface area contributed by atoms with Crippen LogP contribution in [0.1, 0.15) is 67.4 Å². The van der Waals surface area contributed by atoms with Crippen LogP contribution in [-0.4, -0.2) is 48.6 Å². The zero-order valence-corrected chi connectivity index (χ0v) is 21.9. The SMILES string of the molecule is COc1cc2nn(C3CCC(CCOS(C)(=O)=O)CC3)cc2cc1C(=O)Nc1cccn(C2CC2)c1=O. The van der Waals surface area contributed by atoms with Crippen LogP contribution in [0.4, 0.5) is 5.69 Å². The Morgan fingerprint density at radius 2 is 1.86 bits per heavy atom. The van der Waals surface area contributed by atoms with Gasteiger partial charge in [-0.3, -0.25) is 18.5 Å². The highest BCUT2D eigenvalue weighted by Crippen LogP contribution is 2.36. The van der Waals surface area contributed by atoms with Crippen LogP contribution in [0.15, 0.2) is 41.5 Å². The normalized spacial score (nSPS) is 20.2. The molecule has 0 saturated heterocycles. The number of carbonyl (C=O) groups excluding carboxylic acids is 1. The summed E-state index contributed by atoms with van der Waals surface area (Å²) in [6, 6.07) is 7.34. The van der Waals surface area contributed by atoms with Gasteiger partial charge in [0, 0.05) is 29.9 Å². The molecule has 2 saturated carbocycles. The Morgan fingerprint density at radius 3 is 2.54 bits per heavy atom. The Bertz CT molecular complexity index is 1470. The zero-order chi connectivity index (χ0) is 26.2. The Balaban J connectivity index is 1.29. The van der Waals surface area contributed by atoms with Crippen LogP contribution in [0.3, 0.4) is 0 Å². The Morgan fingerprint density at radius 1 is 1.14 bits per heavy atom. The van der Waals surface area contributed by atoms with E-state index in [0.717, 1.165) is 62.1 Å². The van der Waals surface area contributed by atoms with E-state index in [-0.39, 0.29) is 29.9 Å². The van der Waals surface area contributed by atoms with Crippen LogP contribution in [0.2, 0.25) is 0 Å². The summed E-state index contributed by atoms with van der Waals surface area (Å²) in [6.07, 6.45) is 11.3. The number of ether oxygens (including phenoxy) is 1. The lowest BCUT2D eigenvalue weighted by Gasteiger charge is -2.28. The van der Waals surface area contributed by atoms with Crippen molar-refractivity contribution in [3.05, 3.63) is 52.6 Å². The Kier molecular flexibility index (Phi) is 7.09. The highest BCUT2D eigenvalue weighted by atomic mass is 32.2. The highest BCUT2D eigenvalue weighted by molar-refractivity contribution is 7.85. The van der Waals surface area contributed by atoms with Gasteiger partial charge < -0.3 is 14.6 Å². The molecule has 2 fully saturated rings. The molecule has 1 N–H and O–H groups in total. The molecule has 2 aliphatic rings. The number of rotatable bonds is 9. The van der Waals surface area contributed by atoms with Gasteiger partial charge in [-0.15, -0.1) is 0 Å². The van der Waals surface area contributed by atoms with E-state index in [0.29, 0.717) is 17.2 Å². The maximum absolute atomic E-state index is 13.2. The second-order valence-electron chi connectivity index (χ2n) is 10.0. The predicted octanol–water partition coefficient (Wildman–Crippen LogP) is 3.89. The molecular formula is C26H32N4O6S. The van der Waals surface area contributed by atoms with E-state index in [2.05, 4.69) is 5.32 Å². The number of fused-ring (bicyclic) bond motifs is 1. The van der Waals surface area contributed by atoms with E-state index in [1.54, 1.807) is 35.0 Å². The molecule has 10 nitrogen and oxygen atoms in total. The first kappa shape index (κ1) is 25.5. The Hall–Kier alpha value is -3.18. The molecule has 198 valence electrons. The average molecular weight is 529 g/mol. The Labute approximate surface area is 215 Å². The van der Waals surface area contributed by atoms with Crippen LogP contribution >= 0.6 is 0 Å². The summed E-state index contributed by atoms with van der Waals surface area (Å²) in [6.45, 7) is 0.224. The molecule has 1 amide bonds. The fourth-order valence-electron chi connectivity index (χ4n) is 5.10. The largest absolute Gasteiger partial charge is 0.496 e. The summed E-state index contributed by atoms with van der Waals surface area (Å²) in [4.78, 5) is 25.9. The van der Waals surface area contributed by atoms with Gasteiger partial charge in [0.05, 0.1) is 37.1 Å².